The molecular formula is C32H25Cl2N5O2. The van der Waals surface area contributed by atoms with Crippen LogP contribution in [0, 0.1) is 0 Å². The molecule has 0 bridgehead atoms. The summed E-state index contributed by atoms with van der Waals surface area (Å²) in [4.78, 5) is 8.54. The second-order valence-corrected chi connectivity index (χ2v) is 9.99. The smallest absolute Gasteiger partial charge is 0.161 e. The summed E-state index contributed by atoms with van der Waals surface area (Å²) in [6.07, 6.45) is 1.79. The monoisotopic (exact) mass is 581 g/mol. The normalized spacial score (nSPS) is 11.0. The first-order valence-electron chi connectivity index (χ1n) is 13.1. The summed E-state index contributed by atoms with van der Waals surface area (Å²) in [6, 6.07) is 31.4. The van der Waals surface area contributed by atoms with Crippen LogP contribution in [0.25, 0.3) is 39.6 Å². The standard InChI is InChI=1S/C32H25Cl2N5O2/c1-2-40-29-17-23(32-35-30(21-9-5-3-6-10-21)31(36-32)22-11-7-4-8-12-22)13-16-28(29)41-20-24-19-39(38-37-24)25-14-15-26(33)27(34)18-25/h3-19H,2,20H2,1H3,(H,35,36). The second-order valence-electron chi connectivity index (χ2n) is 9.18. The number of benzene rings is 4. The predicted molar refractivity (Wildman–Crippen MR) is 162 cm³/mol. The van der Waals surface area contributed by atoms with Crippen LogP contribution in [0.3, 0.4) is 0 Å². The predicted octanol–water partition coefficient (Wildman–Crippen LogP) is 8.28. The van der Waals surface area contributed by atoms with E-state index in [0.717, 1.165) is 39.6 Å². The summed E-state index contributed by atoms with van der Waals surface area (Å²) < 4.78 is 13.7. The molecule has 0 spiro atoms. The Bertz CT molecular complexity index is 1730. The number of hydrogen-bond acceptors (Lipinski definition) is 5. The lowest BCUT2D eigenvalue weighted by Gasteiger charge is -2.12. The van der Waals surface area contributed by atoms with E-state index in [1.54, 1.807) is 23.0 Å². The largest absolute Gasteiger partial charge is 0.490 e. The van der Waals surface area contributed by atoms with E-state index in [9.17, 15) is 0 Å². The molecule has 204 valence electrons. The summed E-state index contributed by atoms with van der Waals surface area (Å²) in [5.74, 6) is 1.94. The number of imidazole rings is 1. The molecule has 6 aromatic rings. The minimum atomic E-state index is 0.206. The van der Waals surface area contributed by atoms with Crippen molar-refractivity contribution in [2.45, 2.75) is 13.5 Å². The minimum absolute atomic E-state index is 0.206. The highest BCUT2D eigenvalue weighted by Gasteiger charge is 2.17. The fraction of sp³-hybridized carbons (Fsp3) is 0.0938. The fourth-order valence-electron chi connectivity index (χ4n) is 4.44. The molecule has 0 atom stereocenters. The molecule has 0 saturated carbocycles. The van der Waals surface area contributed by atoms with Crippen LogP contribution < -0.4 is 9.47 Å². The van der Waals surface area contributed by atoms with E-state index in [-0.39, 0.29) is 6.61 Å². The summed E-state index contributed by atoms with van der Waals surface area (Å²) >= 11 is 12.2. The van der Waals surface area contributed by atoms with Crippen molar-refractivity contribution in [3.05, 3.63) is 119 Å². The number of nitrogens with one attached hydrogen (secondary N) is 1. The van der Waals surface area contributed by atoms with Crippen LogP contribution in [0.5, 0.6) is 11.5 Å². The van der Waals surface area contributed by atoms with Crippen LogP contribution in [0.1, 0.15) is 12.6 Å². The maximum absolute atomic E-state index is 6.15. The van der Waals surface area contributed by atoms with E-state index in [0.29, 0.717) is 33.8 Å². The third-order valence-corrected chi connectivity index (χ3v) is 7.15. The van der Waals surface area contributed by atoms with Gasteiger partial charge in [0.25, 0.3) is 0 Å². The number of aromatic nitrogens is 5. The molecular weight excluding hydrogens is 557 g/mol. The summed E-state index contributed by atoms with van der Waals surface area (Å²) in [7, 11) is 0. The van der Waals surface area contributed by atoms with E-state index in [4.69, 9.17) is 37.7 Å². The molecule has 0 unspecified atom stereocenters. The number of aromatic amines is 1. The van der Waals surface area contributed by atoms with E-state index in [1.165, 1.54) is 0 Å². The minimum Gasteiger partial charge on any atom is -0.490 e. The molecule has 4 aromatic carbocycles. The molecule has 6 rings (SSSR count). The van der Waals surface area contributed by atoms with Crippen LogP contribution in [0.15, 0.2) is 103 Å². The molecule has 41 heavy (non-hydrogen) atoms. The zero-order valence-corrected chi connectivity index (χ0v) is 23.6. The molecule has 1 N–H and O–H groups in total. The molecule has 2 heterocycles. The topological polar surface area (TPSA) is 77.9 Å². The van der Waals surface area contributed by atoms with Gasteiger partial charge in [0.2, 0.25) is 0 Å². The third-order valence-electron chi connectivity index (χ3n) is 6.41. The van der Waals surface area contributed by atoms with Crippen LogP contribution in [0.4, 0.5) is 0 Å². The van der Waals surface area contributed by atoms with Gasteiger partial charge < -0.3 is 14.5 Å². The van der Waals surface area contributed by atoms with Gasteiger partial charge in [0.15, 0.2) is 11.5 Å². The van der Waals surface area contributed by atoms with Gasteiger partial charge in [-0.1, -0.05) is 89.1 Å². The van der Waals surface area contributed by atoms with Crippen molar-refractivity contribution in [2.24, 2.45) is 0 Å². The molecule has 0 amide bonds. The summed E-state index contributed by atoms with van der Waals surface area (Å²) in [5, 5.41) is 9.34. The van der Waals surface area contributed by atoms with E-state index < -0.39 is 0 Å². The van der Waals surface area contributed by atoms with Crippen molar-refractivity contribution >= 4 is 23.2 Å². The molecule has 0 saturated heterocycles. The molecule has 7 nitrogen and oxygen atoms in total. The van der Waals surface area contributed by atoms with Gasteiger partial charge in [0.1, 0.15) is 18.1 Å². The Morgan fingerprint density at radius 2 is 1.51 bits per heavy atom. The van der Waals surface area contributed by atoms with E-state index in [2.05, 4.69) is 39.6 Å². The summed E-state index contributed by atoms with van der Waals surface area (Å²) in [6.45, 7) is 2.63. The lowest BCUT2D eigenvalue weighted by Crippen LogP contribution is -2.00. The average molecular weight is 582 g/mol. The fourth-order valence-corrected chi connectivity index (χ4v) is 4.73. The first kappa shape index (κ1) is 26.6. The Labute approximate surface area is 247 Å². The Kier molecular flexibility index (Phi) is 7.71. The van der Waals surface area contributed by atoms with Crippen molar-refractivity contribution in [3.8, 4) is 51.1 Å². The number of ether oxygens (including phenoxy) is 2. The van der Waals surface area contributed by atoms with Crippen LogP contribution >= 0.6 is 23.2 Å². The van der Waals surface area contributed by atoms with Gasteiger partial charge in [-0.25, -0.2) is 9.67 Å². The van der Waals surface area contributed by atoms with Crippen molar-refractivity contribution in [1.29, 1.82) is 0 Å². The average Bonchev–Trinajstić information content (AvgIpc) is 3.67. The molecule has 0 aliphatic carbocycles. The van der Waals surface area contributed by atoms with Crippen LogP contribution in [-0.4, -0.2) is 31.6 Å². The van der Waals surface area contributed by atoms with E-state index >= 15 is 0 Å². The van der Waals surface area contributed by atoms with Gasteiger partial charge in [0.05, 0.1) is 39.9 Å². The Morgan fingerprint density at radius 3 is 2.24 bits per heavy atom. The zero-order valence-electron chi connectivity index (χ0n) is 22.1. The highest BCUT2D eigenvalue weighted by molar-refractivity contribution is 6.42. The number of halogens is 2. The van der Waals surface area contributed by atoms with Crippen molar-refractivity contribution in [2.75, 3.05) is 6.61 Å². The zero-order chi connectivity index (χ0) is 28.2. The summed E-state index contributed by atoms with van der Waals surface area (Å²) in [5.41, 5.74) is 6.21. The Morgan fingerprint density at radius 1 is 0.756 bits per heavy atom. The molecule has 0 fully saturated rings. The van der Waals surface area contributed by atoms with Gasteiger partial charge in [0, 0.05) is 16.7 Å². The van der Waals surface area contributed by atoms with Crippen LogP contribution in [0.2, 0.25) is 10.0 Å². The highest BCUT2D eigenvalue weighted by Crippen LogP contribution is 2.36. The molecule has 2 aromatic heterocycles. The molecule has 0 radical (unpaired) electrons. The first-order valence-corrected chi connectivity index (χ1v) is 13.8. The third kappa shape index (κ3) is 5.82. The van der Waals surface area contributed by atoms with Gasteiger partial charge in [-0.05, 0) is 43.3 Å². The van der Waals surface area contributed by atoms with Gasteiger partial charge >= 0.3 is 0 Å². The number of nitrogens with zero attached hydrogens (tertiary/aromatic N) is 4. The number of H-pyrrole nitrogens is 1. The van der Waals surface area contributed by atoms with Crippen molar-refractivity contribution in [1.82, 2.24) is 25.0 Å². The maximum atomic E-state index is 6.15. The first-order chi connectivity index (χ1) is 20.1. The van der Waals surface area contributed by atoms with Crippen molar-refractivity contribution in [3.63, 3.8) is 0 Å². The van der Waals surface area contributed by atoms with Gasteiger partial charge in [-0.15, -0.1) is 5.10 Å². The lowest BCUT2D eigenvalue weighted by molar-refractivity contribution is 0.266. The lowest BCUT2D eigenvalue weighted by atomic mass is 10.1. The maximum Gasteiger partial charge on any atom is 0.161 e. The number of rotatable bonds is 9. The molecule has 0 aliphatic rings. The van der Waals surface area contributed by atoms with Crippen molar-refractivity contribution < 1.29 is 9.47 Å². The quantitative estimate of drug-likeness (QED) is 0.186. The Hall–Kier alpha value is -4.59. The van der Waals surface area contributed by atoms with Gasteiger partial charge in [-0.2, -0.15) is 0 Å². The Balaban J connectivity index is 1.27. The second kappa shape index (κ2) is 11.9. The van der Waals surface area contributed by atoms with Gasteiger partial charge in [-0.3, -0.25) is 0 Å². The number of hydrogen-bond donors (Lipinski definition) is 1. The highest BCUT2D eigenvalue weighted by atomic mass is 35.5. The van der Waals surface area contributed by atoms with Crippen LogP contribution in [-0.2, 0) is 6.61 Å². The molecule has 0 aliphatic heterocycles. The molecule has 9 heteroatoms. The van der Waals surface area contributed by atoms with E-state index in [1.807, 2.05) is 67.6 Å². The SMILES string of the molecule is CCOc1cc(-c2nc(-c3ccccc3)c(-c3ccccc3)[nH]2)ccc1OCc1cn(-c2ccc(Cl)c(Cl)c2)nn1.